The fourth-order valence-electron chi connectivity index (χ4n) is 4.93. The van der Waals surface area contributed by atoms with Crippen LogP contribution in [0.5, 0.6) is 0 Å². The molecule has 0 heterocycles. The molecule has 0 fully saturated rings. The van der Waals surface area contributed by atoms with E-state index in [2.05, 4.69) is 52.3 Å². The van der Waals surface area contributed by atoms with E-state index in [1.807, 2.05) is 42.5 Å². The van der Waals surface area contributed by atoms with Crippen molar-refractivity contribution in [3.05, 3.63) is 93.1 Å². The van der Waals surface area contributed by atoms with E-state index in [1.165, 1.54) is 5.56 Å². The Hall–Kier alpha value is -3.33. The quantitative estimate of drug-likeness (QED) is 0.652. The van der Waals surface area contributed by atoms with Gasteiger partial charge in [-0.05, 0) is 53.5 Å². The minimum Gasteiger partial charge on any atom is -0.399 e. The third kappa shape index (κ3) is 3.02. The van der Waals surface area contributed by atoms with Crippen molar-refractivity contribution in [1.29, 1.82) is 15.8 Å². The van der Waals surface area contributed by atoms with Gasteiger partial charge in [0.25, 0.3) is 0 Å². The van der Waals surface area contributed by atoms with Crippen LogP contribution in [-0.4, -0.2) is 0 Å². The van der Waals surface area contributed by atoms with Crippen LogP contribution in [0.2, 0.25) is 0 Å². The Balaban J connectivity index is 1.93. The molecule has 2 aliphatic rings. The Bertz CT molecular complexity index is 1140. The van der Waals surface area contributed by atoms with Gasteiger partial charge in [-0.3, -0.25) is 0 Å². The number of halogens is 1. The molecule has 4 nitrogen and oxygen atoms in total. The summed E-state index contributed by atoms with van der Waals surface area (Å²) in [5.41, 5.74) is 8.12. The van der Waals surface area contributed by atoms with E-state index in [1.54, 1.807) is 0 Å². The minimum atomic E-state index is -1.58. The summed E-state index contributed by atoms with van der Waals surface area (Å²) in [5.74, 6) is -0.339. The van der Waals surface area contributed by atoms with E-state index in [9.17, 15) is 15.8 Å². The van der Waals surface area contributed by atoms with Crippen molar-refractivity contribution in [3.63, 3.8) is 0 Å². The molecule has 2 N–H and O–H groups in total. The Morgan fingerprint density at radius 3 is 2.20 bits per heavy atom. The SMILES string of the molecule is N#CC1=C(N)C(C#N)(C#N)[C@H](c2ccc(Br)cc2)[C@H]2C[C@H](c3ccccc3)CC=C12. The van der Waals surface area contributed by atoms with Gasteiger partial charge in [0, 0.05) is 10.4 Å². The number of allylic oxidation sites excluding steroid dienone is 4. The van der Waals surface area contributed by atoms with Gasteiger partial charge < -0.3 is 5.73 Å². The van der Waals surface area contributed by atoms with Crippen molar-refractivity contribution in [1.82, 2.24) is 0 Å². The van der Waals surface area contributed by atoms with Crippen LogP contribution in [0, 0.1) is 45.3 Å². The smallest absolute Gasteiger partial charge is 0.191 e. The molecule has 0 spiro atoms. The van der Waals surface area contributed by atoms with Crippen molar-refractivity contribution in [2.24, 2.45) is 17.1 Å². The monoisotopic (exact) mass is 454 g/mol. The van der Waals surface area contributed by atoms with Crippen LogP contribution >= 0.6 is 15.9 Å². The first-order chi connectivity index (χ1) is 14.6. The number of hydrogen-bond donors (Lipinski definition) is 1. The van der Waals surface area contributed by atoms with E-state index in [0.29, 0.717) is 5.57 Å². The molecule has 0 amide bonds. The summed E-state index contributed by atoms with van der Waals surface area (Å²) >= 11 is 3.46. The van der Waals surface area contributed by atoms with Crippen LogP contribution in [0.1, 0.15) is 35.8 Å². The first kappa shape index (κ1) is 20.0. The predicted molar refractivity (Wildman–Crippen MR) is 117 cm³/mol. The second-order valence-electron chi connectivity index (χ2n) is 7.81. The maximum Gasteiger partial charge on any atom is 0.191 e. The number of nitriles is 3. The highest BCUT2D eigenvalue weighted by atomic mass is 79.9. The molecule has 30 heavy (non-hydrogen) atoms. The van der Waals surface area contributed by atoms with Crippen molar-refractivity contribution >= 4 is 15.9 Å². The summed E-state index contributed by atoms with van der Waals surface area (Å²) in [7, 11) is 0. The van der Waals surface area contributed by atoms with Gasteiger partial charge in [-0.25, -0.2) is 0 Å². The summed E-state index contributed by atoms with van der Waals surface area (Å²) in [4.78, 5) is 0. The molecular weight excluding hydrogens is 436 g/mol. The van der Waals surface area contributed by atoms with Crippen molar-refractivity contribution < 1.29 is 0 Å². The number of rotatable bonds is 2. The van der Waals surface area contributed by atoms with Gasteiger partial charge >= 0.3 is 0 Å². The van der Waals surface area contributed by atoms with E-state index in [0.717, 1.165) is 28.5 Å². The van der Waals surface area contributed by atoms with Crippen molar-refractivity contribution in [2.75, 3.05) is 0 Å². The summed E-state index contributed by atoms with van der Waals surface area (Å²) in [6, 6.07) is 24.5. The molecule has 0 bridgehead atoms. The zero-order valence-electron chi connectivity index (χ0n) is 16.2. The lowest BCUT2D eigenvalue weighted by Gasteiger charge is -2.45. The standard InChI is InChI=1S/C25H19BrN4/c26-19-9-6-17(7-10-19)23-21-12-18(16-4-2-1-3-5-16)8-11-20(21)22(13-27)24(30)25(23,14-28)15-29/h1-7,9-11,18,21,23H,8,12,30H2/t18-,21+,23-/m1/s1. The molecule has 2 aromatic rings. The van der Waals surface area contributed by atoms with E-state index in [-0.39, 0.29) is 17.5 Å². The zero-order chi connectivity index (χ0) is 21.3. The van der Waals surface area contributed by atoms with Crippen LogP contribution in [0.25, 0.3) is 0 Å². The van der Waals surface area contributed by atoms with Crippen LogP contribution in [0.4, 0.5) is 0 Å². The van der Waals surface area contributed by atoms with Gasteiger partial charge in [0.1, 0.15) is 6.07 Å². The molecular formula is C25H19BrN4. The molecule has 2 aromatic carbocycles. The lowest BCUT2D eigenvalue weighted by Crippen LogP contribution is -2.43. The Labute approximate surface area is 184 Å². The van der Waals surface area contributed by atoms with Gasteiger partial charge in [0.15, 0.2) is 5.41 Å². The largest absolute Gasteiger partial charge is 0.399 e. The second kappa shape index (κ2) is 7.83. The molecule has 0 aliphatic heterocycles. The zero-order valence-corrected chi connectivity index (χ0v) is 17.8. The van der Waals surface area contributed by atoms with E-state index in [4.69, 9.17) is 5.73 Å². The van der Waals surface area contributed by atoms with Crippen LogP contribution in [0.3, 0.4) is 0 Å². The molecule has 3 atom stereocenters. The summed E-state index contributed by atoms with van der Waals surface area (Å²) in [6.45, 7) is 0. The highest BCUT2D eigenvalue weighted by molar-refractivity contribution is 9.10. The number of benzene rings is 2. The average Bonchev–Trinajstić information content (AvgIpc) is 2.79. The predicted octanol–water partition coefficient (Wildman–Crippen LogP) is 5.44. The highest BCUT2D eigenvalue weighted by Crippen LogP contribution is 2.57. The van der Waals surface area contributed by atoms with Gasteiger partial charge in [-0.2, -0.15) is 15.8 Å². The number of fused-ring (bicyclic) bond motifs is 1. The normalized spacial score (nSPS) is 24.6. The number of nitrogens with zero attached hydrogens (tertiary/aromatic N) is 3. The van der Waals surface area contributed by atoms with Crippen LogP contribution in [0.15, 0.2) is 82.0 Å². The summed E-state index contributed by atoms with van der Waals surface area (Å²) in [5, 5.41) is 30.2. The van der Waals surface area contributed by atoms with Crippen LogP contribution in [-0.2, 0) is 0 Å². The van der Waals surface area contributed by atoms with Crippen molar-refractivity contribution in [2.45, 2.75) is 24.7 Å². The lowest BCUT2D eigenvalue weighted by molar-refractivity contribution is 0.303. The lowest BCUT2D eigenvalue weighted by atomic mass is 9.55. The number of hydrogen-bond acceptors (Lipinski definition) is 4. The van der Waals surface area contributed by atoms with Gasteiger partial charge in [-0.15, -0.1) is 0 Å². The number of nitrogens with two attached hydrogens (primary N) is 1. The first-order valence-electron chi connectivity index (χ1n) is 9.79. The second-order valence-corrected chi connectivity index (χ2v) is 8.72. The van der Waals surface area contributed by atoms with Crippen molar-refractivity contribution in [3.8, 4) is 18.2 Å². The molecule has 0 unspecified atom stereocenters. The third-order valence-corrected chi connectivity index (χ3v) is 6.91. The molecule has 4 rings (SSSR count). The first-order valence-corrected chi connectivity index (χ1v) is 10.6. The summed E-state index contributed by atoms with van der Waals surface area (Å²) in [6.07, 6.45) is 3.63. The fourth-order valence-corrected chi connectivity index (χ4v) is 5.20. The Kier molecular flexibility index (Phi) is 5.21. The summed E-state index contributed by atoms with van der Waals surface area (Å²) < 4.78 is 0.921. The Morgan fingerprint density at radius 1 is 0.933 bits per heavy atom. The molecule has 0 saturated carbocycles. The topological polar surface area (TPSA) is 97.4 Å². The molecule has 2 aliphatic carbocycles. The molecule has 0 aromatic heterocycles. The maximum absolute atomic E-state index is 10.2. The van der Waals surface area contributed by atoms with Gasteiger partial charge in [0.2, 0.25) is 0 Å². The third-order valence-electron chi connectivity index (χ3n) is 6.38. The minimum absolute atomic E-state index is 0.0728. The average molecular weight is 455 g/mol. The molecule has 0 radical (unpaired) electrons. The maximum atomic E-state index is 10.2. The Morgan fingerprint density at radius 2 is 1.60 bits per heavy atom. The molecule has 5 heteroatoms. The fraction of sp³-hybridized carbons (Fsp3) is 0.240. The van der Waals surface area contributed by atoms with E-state index < -0.39 is 11.3 Å². The van der Waals surface area contributed by atoms with Gasteiger partial charge in [0.05, 0.1) is 23.4 Å². The van der Waals surface area contributed by atoms with E-state index >= 15 is 0 Å². The van der Waals surface area contributed by atoms with Gasteiger partial charge in [-0.1, -0.05) is 64.5 Å². The molecule has 146 valence electrons. The molecule has 0 saturated heterocycles. The highest BCUT2D eigenvalue weighted by Gasteiger charge is 2.54. The van der Waals surface area contributed by atoms with Crippen LogP contribution < -0.4 is 5.73 Å².